The third kappa shape index (κ3) is 4.20. The number of halogens is 1. The van der Waals surface area contributed by atoms with Crippen LogP contribution in [0.3, 0.4) is 0 Å². The maximum atomic E-state index is 12.1. The molecule has 5 heteroatoms. The zero-order valence-electron chi connectivity index (χ0n) is 11.1. The van der Waals surface area contributed by atoms with Crippen molar-refractivity contribution in [2.24, 2.45) is 11.7 Å². The first-order valence-corrected chi connectivity index (χ1v) is 6.34. The van der Waals surface area contributed by atoms with Crippen molar-refractivity contribution in [3.63, 3.8) is 0 Å². The van der Waals surface area contributed by atoms with Gasteiger partial charge in [-0.25, -0.2) is 0 Å². The molecule has 3 N–H and O–H groups in total. The van der Waals surface area contributed by atoms with E-state index in [0.29, 0.717) is 6.61 Å². The number of carbonyl (C=O) groups is 1. The highest BCUT2D eigenvalue weighted by Crippen LogP contribution is 2.26. The second-order valence-corrected chi connectivity index (χ2v) is 4.85. The summed E-state index contributed by atoms with van der Waals surface area (Å²) in [6, 6.07) is 7.89. The minimum absolute atomic E-state index is 0. The van der Waals surface area contributed by atoms with Crippen molar-refractivity contribution in [2.75, 3.05) is 12.4 Å². The number of amides is 1. The molecular formula is C14H21ClN2O2. The van der Waals surface area contributed by atoms with E-state index in [-0.39, 0.29) is 30.3 Å². The summed E-state index contributed by atoms with van der Waals surface area (Å²) in [6.45, 7) is 0.501. The molecule has 19 heavy (non-hydrogen) atoms. The van der Waals surface area contributed by atoms with Crippen LogP contribution >= 0.6 is 12.4 Å². The molecule has 1 saturated carbocycles. The summed E-state index contributed by atoms with van der Waals surface area (Å²) in [5, 5.41) is 2.98. The van der Waals surface area contributed by atoms with Crippen molar-refractivity contribution in [1.82, 2.24) is 0 Å². The van der Waals surface area contributed by atoms with E-state index in [1.54, 1.807) is 7.11 Å². The molecule has 1 fully saturated rings. The quantitative estimate of drug-likeness (QED) is 0.892. The number of methoxy groups -OCH3 is 1. The Morgan fingerprint density at radius 2 is 2.16 bits per heavy atom. The van der Waals surface area contributed by atoms with Crippen LogP contribution in [0.15, 0.2) is 24.3 Å². The fourth-order valence-corrected chi connectivity index (χ4v) is 2.41. The third-order valence-electron chi connectivity index (χ3n) is 3.42. The van der Waals surface area contributed by atoms with Gasteiger partial charge in [-0.3, -0.25) is 4.79 Å². The highest BCUT2D eigenvalue weighted by Gasteiger charge is 2.27. The molecule has 0 heterocycles. The number of rotatable bonds is 4. The monoisotopic (exact) mass is 284 g/mol. The van der Waals surface area contributed by atoms with Gasteiger partial charge >= 0.3 is 0 Å². The molecule has 0 spiro atoms. The molecule has 0 aliphatic heterocycles. The zero-order valence-corrected chi connectivity index (χ0v) is 11.9. The van der Waals surface area contributed by atoms with Crippen LogP contribution in [0.4, 0.5) is 5.69 Å². The minimum atomic E-state index is 0. The first kappa shape index (κ1) is 16.0. The lowest BCUT2D eigenvalue weighted by Crippen LogP contribution is -2.23. The first-order valence-electron chi connectivity index (χ1n) is 6.34. The van der Waals surface area contributed by atoms with Crippen LogP contribution in [0.25, 0.3) is 0 Å². The number of hydrogen-bond acceptors (Lipinski definition) is 3. The molecule has 1 amide bonds. The molecule has 4 nitrogen and oxygen atoms in total. The summed E-state index contributed by atoms with van der Waals surface area (Å²) < 4.78 is 5.12. The Morgan fingerprint density at radius 1 is 1.42 bits per heavy atom. The van der Waals surface area contributed by atoms with E-state index in [0.717, 1.165) is 30.5 Å². The van der Waals surface area contributed by atoms with Gasteiger partial charge < -0.3 is 15.8 Å². The Hall–Kier alpha value is -1.10. The maximum absolute atomic E-state index is 12.1. The van der Waals surface area contributed by atoms with Crippen LogP contribution in [0.5, 0.6) is 0 Å². The van der Waals surface area contributed by atoms with Gasteiger partial charge in [0.2, 0.25) is 5.91 Å². The number of benzene rings is 1. The second-order valence-electron chi connectivity index (χ2n) is 4.85. The smallest absolute Gasteiger partial charge is 0.227 e. The molecule has 2 rings (SSSR count). The first-order chi connectivity index (χ1) is 8.70. The van der Waals surface area contributed by atoms with Gasteiger partial charge in [0.05, 0.1) is 6.61 Å². The number of ether oxygens (including phenoxy) is 1. The Morgan fingerprint density at radius 3 is 2.79 bits per heavy atom. The molecule has 106 valence electrons. The summed E-state index contributed by atoms with van der Waals surface area (Å²) in [7, 11) is 1.65. The van der Waals surface area contributed by atoms with E-state index in [4.69, 9.17) is 10.5 Å². The molecule has 1 aromatic carbocycles. The van der Waals surface area contributed by atoms with Crippen LogP contribution in [0, 0.1) is 5.92 Å². The van der Waals surface area contributed by atoms with Gasteiger partial charge in [-0.15, -0.1) is 12.4 Å². The summed E-state index contributed by atoms with van der Waals surface area (Å²) in [6.07, 6.45) is 2.62. The van der Waals surface area contributed by atoms with E-state index in [2.05, 4.69) is 5.32 Å². The number of hydrogen-bond donors (Lipinski definition) is 2. The molecule has 0 bridgehead atoms. The molecule has 1 aliphatic rings. The minimum Gasteiger partial charge on any atom is -0.380 e. The lowest BCUT2D eigenvalue weighted by molar-refractivity contribution is -0.119. The third-order valence-corrected chi connectivity index (χ3v) is 3.42. The Balaban J connectivity index is 0.00000180. The Labute approximate surface area is 120 Å². The SMILES string of the molecule is COCc1ccccc1NC(=O)C1CCC(N)C1.Cl. The van der Waals surface area contributed by atoms with Crippen LogP contribution < -0.4 is 11.1 Å². The van der Waals surface area contributed by atoms with E-state index in [1.807, 2.05) is 24.3 Å². The van der Waals surface area contributed by atoms with Gasteiger partial charge in [0.25, 0.3) is 0 Å². The average Bonchev–Trinajstić information content (AvgIpc) is 2.79. The topological polar surface area (TPSA) is 64.3 Å². The van der Waals surface area contributed by atoms with Crippen molar-refractivity contribution >= 4 is 24.0 Å². The average molecular weight is 285 g/mol. The van der Waals surface area contributed by atoms with Gasteiger partial charge in [0, 0.05) is 30.3 Å². The van der Waals surface area contributed by atoms with Crippen molar-refractivity contribution in [2.45, 2.75) is 31.9 Å². The van der Waals surface area contributed by atoms with Crippen molar-refractivity contribution < 1.29 is 9.53 Å². The highest BCUT2D eigenvalue weighted by molar-refractivity contribution is 5.93. The zero-order chi connectivity index (χ0) is 13.0. The largest absolute Gasteiger partial charge is 0.380 e. The number of anilines is 1. The van der Waals surface area contributed by atoms with Crippen LogP contribution in [-0.4, -0.2) is 19.1 Å². The number of para-hydroxylation sites is 1. The molecule has 1 aromatic rings. The lowest BCUT2D eigenvalue weighted by Gasteiger charge is -2.13. The fraction of sp³-hybridized carbons (Fsp3) is 0.500. The normalized spacial score (nSPS) is 21.8. The van der Waals surface area contributed by atoms with E-state index in [1.165, 1.54) is 0 Å². The van der Waals surface area contributed by atoms with E-state index in [9.17, 15) is 4.79 Å². The maximum Gasteiger partial charge on any atom is 0.227 e. The molecule has 2 atom stereocenters. The Bertz CT molecular complexity index is 426. The summed E-state index contributed by atoms with van der Waals surface area (Å²) >= 11 is 0. The van der Waals surface area contributed by atoms with Gasteiger partial charge in [-0.2, -0.15) is 0 Å². The predicted octanol–water partition coefficient (Wildman–Crippen LogP) is 2.32. The molecule has 1 aliphatic carbocycles. The van der Waals surface area contributed by atoms with Crippen LogP contribution in [0.1, 0.15) is 24.8 Å². The van der Waals surface area contributed by atoms with Crippen molar-refractivity contribution in [1.29, 1.82) is 0 Å². The highest BCUT2D eigenvalue weighted by atomic mass is 35.5. The van der Waals surface area contributed by atoms with E-state index >= 15 is 0 Å². The van der Waals surface area contributed by atoms with Crippen LogP contribution in [-0.2, 0) is 16.1 Å². The predicted molar refractivity (Wildman–Crippen MR) is 78.3 cm³/mol. The molecule has 0 saturated heterocycles. The second kappa shape index (κ2) is 7.48. The van der Waals surface area contributed by atoms with Gasteiger partial charge in [-0.1, -0.05) is 18.2 Å². The van der Waals surface area contributed by atoms with Crippen molar-refractivity contribution in [3.8, 4) is 0 Å². The standard InChI is InChI=1S/C14H20N2O2.ClH/c1-18-9-11-4-2-3-5-13(11)16-14(17)10-6-7-12(15)8-10;/h2-5,10,12H,6-9,15H2,1H3,(H,16,17);1H. The van der Waals surface area contributed by atoms with Gasteiger partial charge in [0.15, 0.2) is 0 Å². The fourth-order valence-electron chi connectivity index (χ4n) is 2.41. The Kier molecular flexibility index (Phi) is 6.28. The summed E-state index contributed by atoms with van der Waals surface area (Å²) in [5.41, 5.74) is 7.67. The molecule has 0 aromatic heterocycles. The number of nitrogens with two attached hydrogens (primary N) is 1. The van der Waals surface area contributed by atoms with Gasteiger partial charge in [-0.05, 0) is 25.3 Å². The van der Waals surface area contributed by atoms with Crippen molar-refractivity contribution in [3.05, 3.63) is 29.8 Å². The molecule has 2 unspecified atom stereocenters. The lowest BCUT2D eigenvalue weighted by atomic mass is 10.1. The molecular weight excluding hydrogens is 264 g/mol. The molecule has 0 radical (unpaired) electrons. The summed E-state index contributed by atoms with van der Waals surface area (Å²) in [4.78, 5) is 12.1. The number of carbonyl (C=O) groups excluding carboxylic acids is 1. The van der Waals surface area contributed by atoms with Gasteiger partial charge in [0.1, 0.15) is 0 Å². The van der Waals surface area contributed by atoms with Crippen LogP contribution in [0.2, 0.25) is 0 Å². The number of nitrogens with one attached hydrogen (secondary N) is 1. The summed E-state index contributed by atoms with van der Waals surface area (Å²) in [5.74, 6) is 0.127. The van der Waals surface area contributed by atoms with E-state index < -0.39 is 0 Å².